The Kier molecular flexibility index (Phi) is 6.74. The summed E-state index contributed by atoms with van der Waals surface area (Å²) in [5, 5.41) is 7.50. The zero-order chi connectivity index (χ0) is 18.4. The van der Waals surface area contributed by atoms with E-state index in [1.54, 1.807) is 29.0 Å². The van der Waals surface area contributed by atoms with E-state index >= 15 is 0 Å². The molecule has 0 unspecified atom stereocenters. The third-order valence-electron chi connectivity index (χ3n) is 3.34. The van der Waals surface area contributed by atoms with Gasteiger partial charge in [-0.15, -0.1) is 22.7 Å². The Bertz CT molecular complexity index is 797. The summed E-state index contributed by atoms with van der Waals surface area (Å²) in [5.74, 6) is -1.37. The molecule has 0 aliphatic rings. The molecule has 6 nitrogen and oxygen atoms in total. The highest BCUT2D eigenvalue weighted by Crippen LogP contribution is 2.33. The maximum absolute atomic E-state index is 12.9. The Labute approximate surface area is 155 Å². The van der Waals surface area contributed by atoms with Crippen molar-refractivity contribution in [1.82, 2.24) is 10.6 Å². The highest BCUT2D eigenvalue weighted by Gasteiger charge is 2.31. The molecule has 2 amide bonds. The van der Waals surface area contributed by atoms with Gasteiger partial charge in [-0.2, -0.15) is 0 Å². The molecule has 0 saturated carbocycles. The SMILES string of the molecule is CC(C)CNC(=O)C(=O)NC[C@@H](c1cccs1)S(=O)(=O)c1cccs1. The molecule has 2 aromatic rings. The van der Waals surface area contributed by atoms with Gasteiger partial charge in [0, 0.05) is 18.0 Å². The van der Waals surface area contributed by atoms with Gasteiger partial charge in [0.25, 0.3) is 0 Å². The largest absolute Gasteiger partial charge is 0.348 e. The maximum atomic E-state index is 12.9. The van der Waals surface area contributed by atoms with Gasteiger partial charge in [-0.25, -0.2) is 8.42 Å². The molecule has 0 aliphatic heterocycles. The minimum absolute atomic E-state index is 0.158. The van der Waals surface area contributed by atoms with E-state index in [-0.39, 0.29) is 16.7 Å². The van der Waals surface area contributed by atoms with Crippen molar-refractivity contribution in [3.8, 4) is 0 Å². The number of nitrogens with one attached hydrogen (secondary N) is 2. The standard InChI is InChI=1S/C16H20N2O4S3/c1-11(2)9-17-15(19)16(20)18-10-13(12-5-3-7-23-12)25(21,22)14-6-4-8-24-14/h3-8,11,13H,9-10H2,1-2H3,(H,17,19)(H,18,20)/t13-/m0/s1. The van der Waals surface area contributed by atoms with E-state index in [9.17, 15) is 18.0 Å². The lowest BCUT2D eigenvalue weighted by atomic mass is 10.2. The van der Waals surface area contributed by atoms with Gasteiger partial charge in [0.2, 0.25) is 0 Å². The second kappa shape index (κ2) is 8.59. The van der Waals surface area contributed by atoms with E-state index in [0.717, 1.165) is 11.3 Å². The van der Waals surface area contributed by atoms with Crippen LogP contribution in [0.2, 0.25) is 0 Å². The van der Waals surface area contributed by atoms with Crippen LogP contribution < -0.4 is 10.6 Å². The molecule has 2 heterocycles. The number of hydrogen-bond donors (Lipinski definition) is 2. The predicted octanol–water partition coefficient (Wildman–Crippen LogP) is 2.21. The Morgan fingerprint density at radius 1 is 1.00 bits per heavy atom. The summed E-state index contributed by atoms with van der Waals surface area (Å²) in [7, 11) is -3.65. The quantitative estimate of drug-likeness (QED) is 0.697. The number of hydrogen-bond acceptors (Lipinski definition) is 6. The molecule has 0 spiro atoms. The Balaban J connectivity index is 2.11. The highest BCUT2D eigenvalue weighted by atomic mass is 32.2. The fourth-order valence-electron chi connectivity index (χ4n) is 2.05. The van der Waals surface area contributed by atoms with Gasteiger partial charge < -0.3 is 10.6 Å². The van der Waals surface area contributed by atoms with Crippen LogP contribution in [0.5, 0.6) is 0 Å². The Hall–Kier alpha value is -1.71. The maximum Gasteiger partial charge on any atom is 0.309 e. The summed E-state index contributed by atoms with van der Waals surface area (Å²) in [5.41, 5.74) is 0. The van der Waals surface area contributed by atoms with Gasteiger partial charge in [0.05, 0.1) is 0 Å². The summed E-state index contributed by atoms with van der Waals surface area (Å²) < 4.78 is 25.9. The van der Waals surface area contributed by atoms with Crippen molar-refractivity contribution >= 4 is 44.3 Å². The van der Waals surface area contributed by atoms with Crippen LogP contribution in [0.25, 0.3) is 0 Å². The van der Waals surface area contributed by atoms with E-state index in [1.165, 1.54) is 17.4 Å². The van der Waals surface area contributed by atoms with E-state index in [4.69, 9.17) is 0 Å². The lowest BCUT2D eigenvalue weighted by molar-refractivity contribution is -0.139. The summed E-state index contributed by atoms with van der Waals surface area (Å²) >= 11 is 2.44. The van der Waals surface area contributed by atoms with Crippen LogP contribution in [0.15, 0.2) is 39.2 Å². The number of rotatable bonds is 7. The van der Waals surface area contributed by atoms with Crippen molar-refractivity contribution in [2.45, 2.75) is 23.3 Å². The highest BCUT2D eigenvalue weighted by molar-refractivity contribution is 7.93. The normalized spacial score (nSPS) is 12.8. The third-order valence-corrected chi connectivity index (χ3v) is 7.98. The number of sulfone groups is 1. The van der Waals surface area contributed by atoms with Crippen LogP contribution in [0.1, 0.15) is 24.0 Å². The second-order valence-corrected chi connectivity index (χ2v) is 10.1. The number of thiophene rings is 2. The molecule has 0 radical (unpaired) electrons. The van der Waals surface area contributed by atoms with Crippen molar-refractivity contribution in [1.29, 1.82) is 0 Å². The second-order valence-electron chi connectivity index (χ2n) is 5.80. The zero-order valence-corrected chi connectivity index (χ0v) is 16.3. The van der Waals surface area contributed by atoms with Crippen molar-refractivity contribution in [3.63, 3.8) is 0 Å². The number of amides is 2. The molecule has 0 saturated heterocycles. The zero-order valence-electron chi connectivity index (χ0n) is 13.9. The minimum Gasteiger partial charge on any atom is -0.348 e. The summed E-state index contributed by atoms with van der Waals surface area (Å²) in [6.45, 7) is 4.06. The molecule has 2 rings (SSSR count). The van der Waals surface area contributed by atoms with E-state index in [1.807, 2.05) is 13.8 Å². The number of carbonyl (C=O) groups excluding carboxylic acids is 2. The van der Waals surface area contributed by atoms with Gasteiger partial charge in [-0.1, -0.05) is 26.0 Å². The molecule has 0 aromatic carbocycles. The molecule has 1 atom stereocenters. The fraction of sp³-hybridized carbons (Fsp3) is 0.375. The molecule has 0 fully saturated rings. The summed E-state index contributed by atoms with van der Waals surface area (Å²) in [6.07, 6.45) is 0. The number of carbonyl (C=O) groups is 2. The van der Waals surface area contributed by atoms with Gasteiger partial charge in [-0.05, 0) is 28.8 Å². The lowest BCUT2D eigenvalue weighted by Gasteiger charge is -2.16. The van der Waals surface area contributed by atoms with Gasteiger partial charge in [-0.3, -0.25) is 9.59 Å². The molecule has 9 heteroatoms. The van der Waals surface area contributed by atoms with E-state index < -0.39 is 26.9 Å². The minimum atomic E-state index is -3.65. The molecular weight excluding hydrogens is 380 g/mol. The monoisotopic (exact) mass is 400 g/mol. The first-order valence-corrected chi connectivity index (χ1v) is 11.0. The average Bonchev–Trinajstić information content (AvgIpc) is 3.25. The lowest BCUT2D eigenvalue weighted by Crippen LogP contribution is -2.43. The van der Waals surface area contributed by atoms with Crippen LogP contribution in [-0.4, -0.2) is 33.3 Å². The summed E-state index contributed by atoms with van der Waals surface area (Å²) in [6, 6.07) is 6.68. The van der Waals surface area contributed by atoms with Crippen molar-refractivity contribution in [3.05, 3.63) is 39.9 Å². The predicted molar refractivity (Wildman–Crippen MR) is 99.4 cm³/mol. The van der Waals surface area contributed by atoms with Crippen LogP contribution >= 0.6 is 22.7 Å². The molecule has 0 aliphatic carbocycles. The Morgan fingerprint density at radius 3 is 2.12 bits per heavy atom. The van der Waals surface area contributed by atoms with Crippen molar-refractivity contribution in [2.75, 3.05) is 13.1 Å². The van der Waals surface area contributed by atoms with E-state index in [0.29, 0.717) is 11.4 Å². The molecule has 2 aromatic heterocycles. The fourth-order valence-corrected chi connectivity index (χ4v) is 6.04. The smallest absolute Gasteiger partial charge is 0.309 e. The Morgan fingerprint density at radius 2 is 1.60 bits per heavy atom. The molecule has 136 valence electrons. The molecule has 2 N–H and O–H groups in total. The van der Waals surface area contributed by atoms with Gasteiger partial charge >= 0.3 is 11.8 Å². The topological polar surface area (TPSA) is 92.3 Å². The van der Waals surface area contributed by atoms with Crippen LogP contribution in [0.3, 0.4) is 0 Å². The van der Waals surface area contributed by atoms with Crippen molar-refractivity contribution in [2.24, 2.45) is 5.92 Å². The average molecular weight is 401 g/mol. The molecule has 25 heavy (non-hydrogen) atoms. The van der Waals surface area contributed by atoms with E-state index in [2.05, 4.69) is 10.6 Å². The summed E-state index contributed by atoms with van der Waals surface area (Å²) in [4.78, 5) is 24.3. The first-order chi connectivity index (χ1) is 11.8. The first kappa shape index (κ1) is 19.6. The van der Waals surface area contributed by atoms with Crippen LogP contribution in [0.4, 0.5) is 0 Å². The third kappa shape index (κ3) is 5.13. The van der Waals surface area contributed by atoms with Crippen LogP contribution in [-0.2, 0) is 19.4 Å². The van der Waals surface area contributed by atoms with Crippen molar-refractivity contribution < 1.29 is 18.0 Å². The van der Waals surface area contributed by atoms with Gasteiger partial charge in [0.15, 0.2) is 9.84 Å². The van der Waals surface area contributed by atoms with Crippen LogP contribution in [0, 0.1) is 5.92 Å². The molecular formula is C16H20N2O4S3. The molecule has 0 bridgehead atoms. The first-order valence-electron chi connectivity index (χ1n) is 7.69. The van der Waals surface area contributed by atoms with Gasteiger partial charge in [0.1, 0.15) is 9.46 Å².